The minimum atomic E-state index is 0.565. The van der Waals surface area contributed by atoms with Crippen molar-refractivity contribution < 1.29 is 0 Å². The van der Waals surface area contributed by atoms with Crippen LogP contribution in [0, 0.1) is 6.92 Å². The lowest BCUT2D eigenvalue weighted by molar-refractivity contribution is 0.615. The minimum Gasteiger partial charge on any atom is -0.398 e. The van der Waals surface area contributed by atoms with Crippen molar-refractivity contribution in [3.8, 4) is 0 Å². The van der Waals surface area contributed by atoms with Crippen LogP contribution in [0.1, 0.15) is 32.3 Å². The van der Waals surface area contributed by atoms with Crippen molar-refractivity contribution in [1.29, 1.82) is 0 Å². The zero-order chi connectivity index (χ0) is 11.4. The van der Waals surface area contributed by atoms with Crippen molar-refractivity contribution in [3.05, 3.63) is 23.8 Å². The lowest BCUT2D eigenvalue weighted by atomic mass is 10.1. The molecular formula is C13H22N2. The molecule has 1 aromatic carbocycles. The Kier molecular flexibility index (Phi) is 4.01. The first-order valence-corrected chi connectivity index (χ1v) is 5.65. The quantitative estimate of drug-likeness (QED) is 0.766. The second-order valence-corrected chi connectivity index (χ2v) is 4.24. The summed E-state index contributed by atoms with van der Waals surface area (Å²) in [7, 11) is 2.14. The summed E-state index contributed by atoms with van der Waals surface area (Å²) in [6, 6.07) is 6.68. The van der Waals surface area contributed by atoms with Gasteiger partial charge in [-0.3, -0.25) is 0 Å². The summed E-state index contributed by atoms with van der Waals surface area (Å²) in [6.45, 7) is 6.56. The summed E-state index contributed by atoms with van der Waals surface area (Å²) in [5.74, 6) is 0. The Morgan fingerprint density at radius 1 is 1.40 bits per heavy atom. The van der Waals surface area contributed by atoms with Crippen molar-refractivity contribution in [2.75, 3.05) is 17.7 Å². The maximum absolute atomic E-state index is 5.91. The Hall–Kier alpha value is -1.18. The van der Waals surface area contributed by atoms with Gasteiger partial charge in [0.2, 0.25) is 0 Å². The second-order valence-electron chi connectivity index (χ2n) is 4.24. The van der Waals surface area contributed by atoms with E-state index >= 15 is 0 Å². The molecule has 0 aliphatic rings. The van der Waals surface area contributed by atoms with E-state index in [1.54, 1.807) is 0 Å². The summed E-state index contributed by atoms with van der Waals surface area (Å²) >= 11 is 0. The topological polar surface area (TPSA) is 29.3 Å². The normalized spacial score (nSPS) is 12.5. The predicted octanol–water partition coefficient (Wildman–Crippen LogP) is 3.20. The lowest BCUT2D eigenvalue weighted by Crippen LogP contribution is -2.29. The van der Waals surface area contributed by atoms with E-state index in [-0.39, 0.29) is 0 Å². The van der Waals surface area contributed by atoms with Crippen LogP contribution >= 0.6 is 0 Å². The SMILES string of the molecule is CCCC(C)N(C)c1cccc(N)c1C. The second kappa shape index (κ2) is 5.06. The van der Waals surface area contributed by atoms with Crippen LogP contribution in [0.3, 0.4) is 0 Å². The molecule has 1 unspecified atom stereocenters. The van der Waals surface area contributed by atoms with Crippen molar-refractivity contribution in [2.24, 2.45) is 0 Å². The molecule has 2 N–H and O–H groups in total. The Morgan fingerprint density at radius 3 is 2.67 bits per heavy atom. The number of rotatable bonds is 4. The number of hydrogen-bond acceptors (Lipinski definition) is 2. The molecule has 0 radical (unpaired) electrons. The lowest BCUT2D eigenvalue weighted by Gasteiger charge is -2.28. The Labute approximate surface area is 93.1 Å². The highest BCUT2D eigenvalue weighted by Gasteiger charge is 2.11. The average Bonchev–Trinajstić information content (AvgIpc) is 2.21. The van der Waals surface area contributed by atoms with Gasteiger partial charge in [-0.2, -0.15) is 0 Å². The fourth-order valence-electron chi connectivity index (χ4n) is 1.87. The molecule has 0 saturated carbocycles. The van der Waals surface area contributed by atoms with E-state index in [0.29, 0.717) is 6.04 Å². The van der Waals surface area contributed by atoms with Crippen LogP contribution in [0.2, 0.25) is 0 Å². The van der Waals surface area contributed by atoms with Gasteiger partial charge in [0.15, 0.2) is 0 Å². The highest BCUT2D eigenvalue weighted by molar-refractivity contribution is 5.64. The van der Waals surface area contributed by atoms with Gasteiger partial charge in [-0.15, -0.1) is 0 Å². The molecule has 0 heterocycles. The molecule has 0 aromatic heterocycles. The molecule has 1 rings (SSSR count). The molecular weight excluding hydrogens is 184 g/mol. The van der Waals surface area contributed by atoms with Gasteiger partial charge in [-0.25, -0.2) is 0 Å². The van der Waals surface area contributed by atoms with Crippen LogP contribution in [-0.4, -0.2) is 13.1 Å². The molecule has 0 aliphatic heterocycles. The maximum Gasteiger partial charge on any atom is 0.0416 e. The zero-order valence-electron chi connectivity index (χ0n) is 10.2. The highest BCUT2D eigenvalue weighted by atomic mass is 15.1. The van der Waals surface area contributed by atoms with Crippen LogP contribution in [0.4, 0.5) is 11.4 Å². The summed E-state index contributed by atoms with van der Waals surface area (Å²) < 4.78 is 0. The van der Waals surface area contributed by atoms with Crippen molar-refractivity contribution in [3.63, 3.8) is 0 Å². The van der Waals surface area contributed by atoms with E-state index in [1.165, 1.54) is 24.1 Å². The smallest absolute Gasteiger partial charge is 0.0416 e. The maximum atomic E-state index is 5.91. The zero-order valence-corrected chi connectivity index (χ0v) is 10.2. The molecule has 0 bridgehead atoms. The molecule has 84 valence electrons. The van der Waals surface area contributed by atoms with E-state index in [0.717, 1.165) is 5.69 Å². The van der Waals surface area contributed by atoms with Crippen LogP contribution in [0.5, 0.6) is 0 Å². The molecule has 2 nitrogen and oxygen atoms in total. The van der Waals surface area contributed by atoms with E-state index in [4.69, 9.17) is 5.73 Å². The first-order chi connectivity index (χ1) is 7.07. The van der Waals surface area contributed by atoms with Crippen molar-refractivity contribution in [1.82, 2.24) is 0 Å². The monoisotopic (exact) mass is 206 g/mol. The Bertz CT molecular complexity index is 320. The van der Waals surface area contributed by atoms with E-state index < -0.39 is 0 Å². The van der Waals surface area contributed by atoms with Gasteiger partial charge in [0.25, 0.3) is 0 Å². The number of nitrogen functional groups attached to an aromatic ring is 1. The third-order valence-corrected chi connectivity index (χ3v) is 3.09. The first kappa shape index (κ1) is 11.9. The molecule has 2 heteroatoms. The number of anilines is 2. The average molecular weight is 206 g/mol. The summed E-state index contributed by atoms with van der Waals surface area (Å²) in [4.78, 5) is 2.31. The van der Waals surface area contributed by atoms with Gasteiger partial charge in [0.05, 0.1) is 0 Å². The first-order valence-electron chi connectivity index (χ1n) is 5.65. The van der Waals surface area contributed by atoms with Crippen LogP contribution in [0.15, 0.2) is 18.2 Å². The van der Waals surface area contributed by atoms with Gasteiger partial charge < -0.3 is 10.6 Å². The molecule has 0 fully saturated rings. The Morgan fingerprint density at radius 2 is 2.07 bits per heavy atom. The van der Waals surface area contributed by atoms with Crippen LogP contribution < -0.4 is 10.6 Å². The number of nitrogens with zero attached hydrogens (tertiary/aromatic N) is 1. The van der Waals surface area contributed by atoms with Gasteiger partial charge in [-0.1, -0.05) is 19.4 Å². The third kappa shape index (κ3) is 2.65. The molecule has 0 spiro atoms. The summed E-state index contributed by atoms with van der Waals surface area (Å²) in [5.41, 5.74) is 9.21. The van der Waals surface area contributed by atoms with Gasteiger partial charge in [0, 0.05) is 24.5 Å². The Balaban J connectivity index is 2.90. The van der Waals surface area contributed by atoms with Crippen LogP contribution in [-0.2, 0) is 0 Å². The fraction of sp³-hybridized carbons (Fsp3) is 0.538. The summed E-state index contributed by atoms with van der Waals surface area (Å²) in [6.07, 6.45) is 2.43. The number of hydrogen-bond donors (Lipinski definition) is 1. The van der Waals surface area contributed by atoms with Gasteiger partial charge in [-0.05, 0) is 38.0 Å². The van der Waals surface area contributed by atoms with Gasteiger partial charge >= 0.3 is 0 Å². The minimum absolute atomic E-state index is 0.565. The predicted molar refractivity (Wildman–Crippen MR) is 68.4 cm³/mol. The largest absolute Gasteiger partial charge is 0.398 e. The standard InChI is InChI=1S/C13H22N2/c1-5-7-10(2)15(4)13-9-6-8-12(14)11(13)3/h6,8-10H,5,7,14H2,1-4H3. The third-order valence-electron chi connectivity index (χ3n) is 3.09. The molecule has 1 atom stereocenters. The van der Waals surface area contributed by atoms with E-state index in [2.05, 4.69) is 38.8 Å². The van der Waals surface area contributed by atoms with Gasteiger partial charge in [0.1, 0.15) is 0 Å². The fourth-order valence-corrected chi connectivity index (χ4v) is 1.87. The van der Waals surface area contributed by atoms with Crippen molar-refractivity contribution in [2.45, 2.75) is 39.7 Å². The number of nitrogens with two attached hydrogens (primary N) is 1. The van der Waals surface area contributed by atoms with E-state index in [1.807, 2.05) is 12.1 Å². The molecule has 0 amide bonds. The van der Waals surface area contributed by atoms with Crippen molar-refractivity contribution >= 4 is 11.4 Å². The van der Waals surface area contributed by atoms with Crippen LogP contribution in [0.25, 0.3) is 0 Å². The van der Waals surface area contributed by atoms with E-state index in [9.17, 15) is 0 Å². The molecule has 0 aliphatic carbocycles. The highest BCUT2D eigenvalue weighted by Crippen LogP contribution is 2.25. The number of benzene rings is 1. The summed E-state index contributed by atoms with van der Waals surface area (Å²) in [5, 5.41) is 0. The molecule has 0 saturated heterocycles. The molecule has 1 aromatic rings. The molecule has 15 heavy (non-hydrogen) atoms.